The Kier molecular flexibility index (Phi) is 19.5. The van der Waals surface area contributed by atoms with Crippen molar-refractivity contribution >= 4 is 33.4 Å². The van der Waals surface area contributed by atoms with Gasteiger partial charge in [0, 0.05) is 32.3 Å². The van der Waals surface area contributed by atoms with Gasteiger partial charge in [0.1, 0.15) is 0 Å². The maximum absolute atomic E-state index is 13.2. The molecular formula is C51H77N3O6. The number of carbonyl (C=O) groups excluding carboxylic acids is 2. The minimum absolute atomic E-state index is 0.170. The fourth-order valence-electron chi connectivity index (χ4n) is 10.9. The van der Waals surface area contributed by atoms with Crippen molar-refractivity contribution in [3.05, 3.63) is 65.7 Å². The summed E-state index contributed by atoms with van der Waals surface area (Å²) >= 11 is 0. The summed E-state index contributed by atoms with van der Waals surface area (Å²) < 4.78 is 2.32. The van der Waals surface area contributed by atoms with Gasteiger partial charge in [-0.1, -0.05) is 155 Å². The van der Waals surface area contributed by atoms with E-state index in [-0.39, 0.29) is 44.5 Å². The number of aromatic nitrogens is 2. The molecule has 3 aromatic rings. The second-order valence-electron chi connectivity index (χ2n) is 18.7. The summed E-state index contributed by atoms with van der Waals surface area (Å²) in [5.74, 6) is 3.07. The number of amides is 2. The van der Waals surface area contributed by atoms with Crippen LogP contribution in [-0.4, -0.2) is 32.4 Å². The zero-order valence-corrected chi connectivity index (χ0v) is 37.6. The van der Waals surface area contributed by atoms with Crippen molar-refractivity contribution in [3.63, 3.8) is 0 Å². The predicted octanol–water partition coefficient (Wildman–Crippen LogP) is 10.8. The Labute approximate surface area is 359 Å². The Morgan fingerprint density at radius 3 is 1.23 bits per heavy atom. The molecule has 2 amide bonds. The van der Waals surface area contributed by atoms with Crippen molar-refractivity contribution in [3.8, 4) is 0 Å². The fourth-order valence-corrected chi connectivity index (χ4v) is 10.9. The number of benzene rings is 1. The number of imide groups is 1. The van der Waals surface area contributed by atoms with Gasteiger partial charge in [0.2, 0.25) is 0 Å². The molecule has 0 bridgehead atoms. The zero-order valence-electron chi connectivity index (χ0n) is 37.6. The van der Waals surface area contributed by atoms with Crippen LogP contribution < -0.4 is 22.2 Å². The molecule has 1 fully saturated rings. The Bertz CT molecular complexity index is 1950. The van der Waals surface area contributed by atoms with E-state index in [1.807, 2.05) is 0 Å². The molecule has 1 aromatic carbocycles. The molecule has 3 heterocycles. The maximum atomic E-state index is 13.2. The number of fused-ring (bicyclic) bond motifs is 2. The second-order valence-corrected chi connectivity index (χ2v) is 18.7. The first-order chi connectivity index (χ1) is 29.2. The van der Waals surface area contributed by atoms with Crippen molar-refractivity contribution in [1.82, 2.24) is 14.0 Å². The van der Waals surface area contributed by atoms with Crippen LogP contribution in [0.25, 0.3) is 21.5 Å². The Morgan fingerprint density at radius 2 is 0.783 bits per heavy atom. The van der Waals surface area contributed by atoms with Crippen LogP contribution in [0.5, 0.6) is 0 Å². The standard InChI is InChI=1S/C51H77N3O6/c1-4-6-8-10-16-22-28-40-38(26-20-9-7-5-2)30-31-39(27-21-15-11-13-18-24-34-53-46(55)32-33-47(53)56)41(40)29-23-17-12-14-19-25-35-54-50(59)44-36-42-43(37-45(44)51(54)60)49(58)52(3)48(42)57/h32-33,36-41H,4-31,34-35H2,1-3H3. The monoisotopic (exact) mass is 828 g/mol. The molecule has 332 valence electrons. The average Bonchev–Trinajstić information content (AvgIpc) is 3.77. The minimum Gasteiger partial charge on any atom is -0.277 e. The van der Waals surface area contributed by atoms with Gasteiger partial charge in [-0.05, 0) is 74.3 Å². The van der Waals surface area contributed by atoms with Crippen LogP contribution in [-0.2, 0) is 23.2 Å². The SMILES string of the molecule is CCCCCCCCC1C(CCCCCC)CCC(CCCCCCCCN2C(=O)C=CC2=O)C1CCCCCCCCn1c(=O)c2cc3c(=O)n(C)c(=O)c3cc2c1=O. The van der Waals surface area contributed by atoms with E-state index in [1.165, 1.54) is 188 Å². The summed E-state index contributed by atoms with van der Waals surface area (Å²) in [5, 5.41) is 0.870. The zero-order chi connectivity index (χ0) is 42.9. The van der Waals surface area contributed by atoms with Gasteiger partial charge in [-0.2, -0.15) is 0 Å². The summed E-state index contributed by atoms with van der Waals surface area (Å²) in [5.41, 5.74) is -1.59. The summed E-state index contributed by atoms with van der Waals surface area (Å²) in [7, 11) is 1.42. The second kappa shape index (κ2) is 24.7. The van der Waals surface area contributed by atoms with Crippen LogP contribution >= 0.6 is 0 Å². The molecule has 9 nitrogen and oxygen atoms in total. The van der Waals surface area contributed by atoms with Gasteiger partial charge in [0.25, 0.3) is 34.1 Å². The highest BCUT2D eigenvalue weighted by Crippen LogP contribution is 2.48. The highest BCUT2D eigenvalue weighted by Gasteiger charge is 2.37. The summed E-state index contributed by atoms with van der Waals surface area (Å²) in [6.07, 6.45) is 38.1. The maximum Gasteiger partial charge on any atom is 0.261 e. The molecule has 0 N–H and O–H groups in total. The third-order valence-electron chi connectivity index (χ3n) is 14.4. The normalized spacial score (nSPS) is 19.6. The lowest BCUT2D eigenvalue weighted by molar-refractivity contribution is -0.136. The molecule has 1 aliphatic heterocycles. The van der Waals surface area contributed by atoms with E-state index in [9.17, 15) is 28.8 Å². The molecule has 4 unspecified atom stereocenters. The van der Waals surface area contributed by atoms with E-state index in [4.69, 9.17) is 0 Å². The lowest BCUT2D eigenvalue weighted by Gasteiger charge is -2.44. The highest BCUT2D eigenvalue weighted by molar-refractivity contribution is 6.12. The number of hydrogen-bond acceptors (Lipinski definition) is 6. The lowest BCUT2D eigenvalue weighted by Crippen LogP contribution is -2.35. The number of hydrogen-bond donors (Lipinski definition) is 0. The number of unbranched alkanes of at least 4 members (excludes halogenated alkanes) is 18. The van der Waals surface area contributed by atoms with Gasteiger partial charge < -0.3 is 0 Å². The first kappa shape index (κ1) is 47.4. The van der Waals surface area contributed by atoms with Crippen LogP contribution in [0.1, 0.15) is 194 Å². The van der Waals surface area contributed by atoms with Crippen LogP contribution in [0.3, 0.4) is 0 Å². The van der Waals surface area contributed by atoms with Crippen molar-refractivity contribution in [1.29, 1.82) is 0 Å². The molecule has 5 rings (SSSR count). The average molecular weight is 828 g/mol. The molecule has 4 atom stereocenters. The van der Waals surface area contributed by atoms with E-state index in [0.29, 0.717) is 13.1 Å². The fraction of sp³-hybridized carbons (Fsp3) is 0.725. The summed E-state index contributed by atoms with van der Waals surface area (Å²) in [6.45, 7) is 5.52. The molecule has 1 saturated carbocycles. The Balaban J connectivity index is 1.10. The molecule has 0 spiro atoms. The largest absolute Gasteiger partial charge is 0.277 e. The Morgan fingerprint density at radius 1 is 0.433 bits per heavy atom. The van der Waals surface area contributed by atoms with Crippen molar-refractivity contribution in [2.75, 3.05) is 6.54 Å². The molecule has 9 heteroatoms. The van der Waals surface area contributed by atoms with Crippen molar-refractivity contribution < 1.29 is 9.59 Å². The predicted molar refractivity (Wildman–Crippen MR) is 246 cm³/mol. The number of carbonyl (C=O) groups is 2. The summed E-state index contributed by atoms with van der Waals surface area (Å²) in [4.78, 5) is 76.4. The van der Waals surface area contributed by atoms with E-state index in [0.717, 1.165) is 60.3 Å². The van der Waals surface area contributed by atoms with E-state index >= 15 is 0 Å². The number of rotatable bonds is 30. The van der Waals surface area contributed by atoms with Crippen LogP contribution in [0.15, 0.2) is 43.5 Å². The number of nitrogens with zero attached hydrogens (tertiary/aromatic N) is 3. The van der Waals surface area contributed by atoms with Crippen molar-refractivity contribution in [2.24, 2.45) is 30.7 Å². The van der Waals surface area contributed by atoms with Crippen molar-refractivity contribution in [2.45, 2.75) is 200 Å². The quantitative estimate of drug-likeness (QED) is 0.0488. The van der Waals surface area contributed by atoms with E-state index < -0.39 is 11.1 Å². The smallest absolute Gasteiger partial charge is 0.261 e. The van der Waals surface area contributed by atoms with Gasteiger partial charge in [-0.25, -0.2) is 0 Å². The third-order valence-corrected chi connectivity index (χ3v) is 14.4. The Hall–Kier alpha value is -3.62. The van der Waals surface area contributed by atoms with Gasteiger partial charge in [-0.3, -0.25) is 42.8 Å². The first-order valence-electron chi connectivity index (χ1n) is 24.6. The molecule has 2 aliphatic rings. The first-order valence-corrected chi connectivity index (χ1v) is 24.6. The van der Waals surface area contributed by atoms with Gasteiger partial charge in [0.15, 0.2) is 0 Å². The molecule has 0 saturated heterocycles. The molecular weight excluding hydrogens is 751 g/mol. The van der Waals surface area contributed by atoms with Gasteiger partial charge >= 0.3 is 0 Å². The summed E-state index contributed by atoms with van der Waals surface area (Å²) in [6, 6.07) is 2.87. The minimum atomic E-state index is -0.433. The van der Waals surface area contributed by atoms with E-state index in [2.05, 4.69) is 13.8 Å². The lowest BCUT2D eigenvalue weighted by atomic mass is 9.61. The van der Waals surface area contributed by atoms with Crippen LogP contribution in [0, 0.1) is 23.7 Å². The molecule has 2 aromatic heterocycles. The van der Waals surface area contributed by atoms with Gasteiger partial charge in [0.05, 0.1) is 21.5 Å². The molecule has 1 aliphatic carbocycles. The van der Waals surface area contributed by atoms with E-state index in [1.54, 1.807) is 0 Å². The molecule has 0 radical (unpaired) electrons. The third kappa shape index (κ3) is 12.7. The topological polar surface area (TPSA) is 116 Å². The van der Waals surface area contributed by atoms with Crippen LogP contribution in [0.2, 0.25) is 0 Å². The van der Waals surface area contributed by atoms with Crippen LogP contribution in [0.4, 0.5) is 0 Å². The highest BCUT2D eigenvalue weighted by atomic mass is 16.2. The molecule has 60 heavy (non-hydrogen) atoms. The van der Waals surface area contributed by atoms with Gasteiger partial charge in [-0.15, -0.1) is 0 Å².